The second-order valence-electron chi connectivity index (χ2n) is 14.3. The fourth-order valence-electron chi connectivity index (χ4n) is 10.0. The van der Waals surface area contributed by atoms with E-state index in [9.17, 15) is 0 Å². The van der Waals surface area contributed by atoms with Crippen LogP contribution < -0.4 is 0 Å². The van der Waals surface area contributed by atoms with Crippen LogP contribution in [0.5, 0.6) is 0 Å². The third kappa shape index (κ3) is 6.13. The number of rotatable bonds is 7. The summed E-state index contributed by atoms with van der Waals surface area (Å²) < 4.78 is 0. The molecule has 4 bridgehead atoms. The van der Waals surface area contributed by atoms with Crippen LogP contribution in [0.15, 0.2) is 146 Å². The summed E-state index contributed by atoms with van der Waals surface area (Å²) in [6.45, 7) is 0. The van der Waals surface area contributed by atoms with Gasteiger partial charge in [-0.05, 0) is 91.6 Å². The first-order valence-corrected chi connectivity index (χ1v) is 19.0. The Morgan fingerprint density at radius 3 is 1.82 bits per heavy atom. The minimum atomic E-state index is -0.594. The zero-order chi connectivity index (χ0) is 32.6. The Morgan fingerprint density at radius 1 is 0.735 bits per heavy atom. The third-order valence-electron chi connectivity index (χ3n) is 11.6. The van der Waals surface area contributed by atoms with E-state index in [4.69, 9.17) is 9.97 Å². The Hall–Kier alpha value is -3.18. The summed E-state index contributed by atoms with van der Waals surface area (Å²) in [7, 11) is 6.49. The molecule has 2 aromatic heterocycles. The molecule has 0 amide bonds. The first kappa shape index (κ1) is 34.3. The van der Waals surface area contributed by atoms with Gasteiger partial charge in [0.15, 0.2) is 0 Å². The maximum Gasteiger partial charge on any atom is 2.00 e. The van der Waals surface area contributed by atoms with Crippen molar-refractivity contribution < 1.29 is 17.1 Å². The second kappa shape index (κ2) is 14.6. The van der Waals surface area contributed by atoms with Crippen molar-refractivity contribution in [3.8, 4) is 22.3 Å². The van der Waals surface area contributed by atoms with Crippen molar-refractivity contribution in [1.82, 2.24) is 9.97 Å². The monoisotopic (exact) mass is 718 g/mol. The summed E-state index contributed by atoms with van der Waals surface area (Å²) in [5, 5.41) is -0.594. The van der Waals surface area contributed by atoms with Gasteiger partial charge in [-0.15, -0.1) is 42.2 Å². The van der Waals surface area contributed by atoms with E-state index in [0.717, 1.165) is 35.3 Å². The van der Waals surface area contributed by atoms with E-state index >= 15 is 0 Å². The molecular formula is C44H44FeN2P2. The van der Waals surface area contributed by atoms with E-state index in [-0.39, 0.29) is 22.5 Å². The average Bonchev–Trinajstić information content (AvgIpc) is 3.86. The van der Waals surface area contributed by atoms with E-state index in [1.807, 2.05) is 54.9 Å². The summed E-state index contributed by atoms with van der Waals surface area (Å²) in [6, 6.07) is 47.5. The van der Waals surface area contributed by atoms with E-state index in [2.05, 4.69) is 109 Å². The normalized spacial score (nSPS) is 23.7. The minimum absolute atomic E-state index is 0. The average molecular weight is 719 g/mol. The van der Waals surface area contributed by atoms with Crippen LogP contribution in [0.2, 0.25) is 0 Å². The van der Waals surface area contributed by atoms with Gasteiger partial charge < -0.3 is 0 Å². The van der Waals surface area contributed by atoms with E-state index in [1.54, 1.807) is 5.56 Å². The molecule has 4 saturated carbocycles. The van der Waals surface area contributed by atoms with Gasteiger partial charge >= 0.3 is 17.1 Å². The molecule has 10 rings (SSSR count). The quantitative estimate of drug-likeness (QED) is 0.0933. The van der Waals surface area contributed by atoms with Crippen LogP contribution in [0.3, 0.4) is 0 Å². The van der Waals surface area contributed by atoms with Crippen molar-refractivity contribution in [3.05, 3.63) is 168 Å². The molecule has 0 spiro atoms. The van der Waals surface area contributed by atoms with Gasteiger partial charge in [0.1, 0.15) is 0 Å². The molecule has 4 fully saturated rings. The molecule has 2 nitrogen and oxygen atoms in total. The molecule has 4 aromatic carbocycles. The standard InChI is InChI=1S/C39H39N2P2.C5H5.Fe/c42-25-33-30-20-26-19-27(21-30)24-38(33,23-26)37-32(39(43,34-15-7-9-17-40-34)35-16-8-10-18-41-35)22-31(28-11-3-1-4-12-28)36(37)29-13-5-2-6-14-29;1-2-4-5-3-1;/h1-18,22,26-27,30,33H,19-21,23-25,42-43H2;1-5H;/q2*-1;+2. The van der Waals surface area contributed by atoms with Gasteiger partial charge in [0, 0.05) is 12.4 Å². The number of pyridine rings is 2. The van der Waals surface area contributed by atoms with Gasteiger partial charge in [-0.1, -0.05) is 88.5 Å². The number of hydrogen-bond donors (Lipinski definition) is 0. The van der Waals surface area contributed by atoms with Crippen molar-refractivity contribution in [2.75, 3.05) is 6.16 Å². The number of nitrogens with zero attached hydrogens (tertiary/aromatic N) is 2. The molecule has 0 N–H and O–H groups in total. The van der Waals surface area contributed by atoms with E-state index < -0.39 is 5.16 Å². The van der Waals surface area contributed by atoms with Crippen molar-refractivity contribution in [3.63, 3.8) is 0 Å². The van der Waals surface area contributed by atoms with Crippen LogP contribution in [0.1, 0.15) is 54.6 Å². The Kier molecular flexibility index (Phi) is 10.2. The molecule has 4 aliphatic rings. The van der Waals surface area contributed by atoms with Gasteiger partial charge in [0.2, 0.25) is 0 Å². The van der Waals surface area contributed by atoms with E-state index in [1.165, 1.54) is 59.9 Å². The molecule has 248 valence electrons. The van der Waals surface area contributed by atoms with Crippen LogP contribution in [0.4, 0.5) is 0 Å². The molecule has 6 aromatic rings. The van der Waals surface area contributed by atoms with Gasteiger partial charge in [0.05, 0.1) is 16.5 Å². The Bertz CT molecular complexity index is 1850. The van der Waals surface area contributed by atoms with Crippen molar-refractivity contribution in [2.24, 2.45) is 23.7 Å². The summed E-state index contributed by atoms with van der Waals surface area (Å²) in [5.41, 5.74) is 10.4. The van der Waals surface area contributed by atoms with E-state index in [0.29, 0.717) is 5.92 Å². The predicted octanol–water partition coefficient (Wildman–Crippen LogP) is 10.7. The molecule has 0 saturated heterocycles. The van der Waals surface area contributed by atoms with Crippen LogP contribution in [-0.4, -0.2) is 16.1 Å². The van der Waals surface area contributed by atoms with Crippen molar-refractivity contribution in [1.29, 1.82) is 0 Å². The smallest absolute Gasteiger partial charge is 0.260 e. The van der Waals surface area contributed by atoms with Crippen LogP contribution >= 0.6 is 18.5 Å². The van der Waals surface area contributed by atoms with Crippen LogP contribution in [-0.2, 0) is 27.6 Å². The fourth-order valence-corrected chi connectivity index (χ4v) is 11.4. The Labute approximate surface area is 307 Å². The Morgan fingerprint density at radius 2 is 1.31 bits per heavy atom. The van der Waals surface area contributed by atoms with Gasteiger partial charge in [0.25, 0.3) is 0 Å². The molecule has 2 heterocycles. The number of benzene rings is 2. The first-order chi connectivity index (χ1) is 23.6. The molecular weight excluding hydrogens is 674 g/mol. The van der Waals surface area contributed by atoms with Gasteiger partial charge in [-0.3, -0.25) is 9.97 Å². The molecule has 0 radical (unpaired) electrons. The van der Waals surface area contributed by atoms with Crippen LogP contribution in [0.25, 0.3) is 22.3 Å². The van der Waals surface area contributed by atoms with Gasteiger partial charge in [-0.25, -0.2) is 12.1 Å². The molecule has 0 aliphatic heterocycles. The maximum atomic E-state index is 5.05. The maximum absolute atomic E-state index is 5.05. The zero-order valence-electron chi connectivity index (χ0n) is 27.8. The second-order valence-corrected chi connectivity index (χ2v) is 15.6. The topological polar surface area (TPSA) is 25.8 Å². The molecule has 5 atom stereocenters. The summed E-state index contributed by atoms with van der Waals surface area (Å²) in [6.07, 6.45) is 11.8. The van der Waals surface area contributed by atoms with Gasteiger partial charge in [-0.2, -0.15) is 18.2 Å². The minimum Gasteiger partial charge on any atom is -0.260 e. The predicted molar refractivity (Wildman–Crippen MR) is 206 cm³/mol. The number of hydrogen-bond acceptors (Lipinski definition) is 2. The molecule has 49 heavy (non-hydrogen) atoms. The number of aromatic nitrogens is 2. The Balaban J connectivity index is 0.000000581. The fraction of sp³-hybridized carbons (Fsp3) is 0.273. The molecule has 5 heteroatoms. The summed E-state index contributed by atoms with van der Waals surface area (Å²) >= 11 is 0. The first-order valence-electron chi connectivity index (χ1n) is 17.6. The van der Waals surface area contributed by atoms with Crippen LogP contribution in [0, 0.1) is 23.7 Å². The largest absolute Gasteiger partial charge is 2.00 e. The summed E-state index contributed by atoms with van der Waals surface area (Å²) in [4.78, 5) is 10.1. The van der Waals surface area contributed by atoms with Crippen molar-refractivity contribution >= 4 is 18.5 Å². The SMILES string of the molecule is PCC1C2CC3CC(C2)CC1(c1c(C(P)(c2ccccn2)c2ccccn2)cc(-c2ccccc2)[c-]1-c1ccccc1)C3.[Fe+2].c1cc[cH-]c1. The van der Waals surface area contributed by atoms with Crippen molar-refractivity contribution in [2.45, 2.75) is 42.7 Å². The summed E-state index contributed by atoms with van der Waals surface area (Å²) in [5.74, 6) is 3.10. The third-order valence-corrected chi connectivity index (χ3v) is 13.0. The molecule has 5 unspecified atom stereocenters. The zero-order valence-corrected chi connectivity index (χ0v) is 31.2. The molecule has 4 aliphatic carbocycles.